The SMILES string of the molecule is Cc1cccc(Cl)c1NC(=O)c1ccc2c(c1)CCCN2. The summed E-state index contributed by atoms with van der Waals surface area (Å²) in [5.74, 6) is -0.125. The summed E-state index contributed by atoms with van der Waals surface area (Å²) in [5.41, 5.74) is 4.63. The minimum Gasteiger partial charge on any atom is -0.385 e. The number of carbonyl (C=O) groups excluding carboxylic acids is 1. The van der Waals surface area contributed by atoms with Gasteiger partial charge in [0.05, 0.1) is 10.7 Å². The van der Waals surface area contributed by atoms with E-state index in [9.17, 15) is 4.79 Å². The summed E-state index contributed by atoms with van der Waals surface area (Å²) in [7, 11) is 0. The number of rotatable bonds is 2. The minimum absolute atomic E-state index is 0.125. The van der Waals surface area contributed by atoms with Gasteiger partial charge in [-0.05, 0) is 55.2 Å². The van der Waals surface area contributed by atoms with Crippen LogP contribution in [0.4, 0.5) is 11.4 Å². The Morgan fingerprint density at radius 1 is 1.29 bits per heavy atom. The fraction of sp³-hybridized carbons (Fsp3) is 0.235. The summed E-state index contributed by atoms with van der Waals surface area (Å²) < 4.78 is 0. The zero-order valence-electron chi connectivity index (χ0n) is 11.9. The van der Waals surface area contributed by atoms with Crippen LogP contribution in [0.1, 0.15) is 27.9 Å². The van der Waals surface area contributed by atoms with Crippen LogP contribution in [0.25, 0.3) is 0 Å². The quantitative estimate of drug-likeness (QED) is 0.870. The monoisotopic (exact) mass is 300 g/mol. The number of para-hydroxylation sites is 1. The lowest BCUT2D eigenvalue weighted by molar-refractivity contribution is 0.102. The van der Waals surface area contributed by atoms with Crippen molar-refractivity contribution in [1.29, 1.82) is 0 Å². The molecule has 0 fully saturated rings. The molecule has 4 heteroatoms. The Morgan fingerprint density at radius 3 is 2.95 bits per heavy atom. The number of nitrogens with one attached hydrogen (secondary N) is 2. The van der Waals surface area contributed by atoms with Crippen molar-refractivity contribution in [2.75, 3.05) is 17.2 Å². The van der Waals surface area contributed by atoms with Crippen LogP contribution in [-0.2, 0) is 6.42 Å². The summed E-state index contributed by atoms with van der Waals surface area (Å²) in [6.07, 6.45) is 2.11. The van der Waals surface area contributed by atoms with Gasteiger partial charge >= 0.3 is 0 Å². The van der Waals surface area contributed by atoms with E-state index < -0.39 is 0 Å². The van der Waals surface area contributed by atoms with Crippen molar-refractivity contribution in [2.45, 2.75) is 19.8 Å². The van der Waals surface area contributed by atoms with Crippen LogP contribution in [0.3, 0.4) is 0 Å². The minimum atomic E-state index is -0.125. The van der Waals surface area contributed by atoms with Crippen LogP contribution in [0, 0.1) is 6.92 Å². The molecule has 0 spiro atoms. The van der Waals surface area contributed by atoms with Gasteiger partial charge in [-0.1, -0.05) is 23.7 Å². The van der Waals surface area contributed by atoms with E-state index in [0.29, 0.717) is 16.3 Å². The molecule has 2 aromatic carbocycles. The third kappa shape index (κ3) is 2.88. The predicted octanol–water partition coefficient (Wildman–Crippen LogP) is 4.26. The van der Waals surface area contributed by atoms with Crippen molar-refractivity contribution < 1.29 is 4.79 Å². The molecule has 0 aliphatic carbocycles. The van der Waals surface area contributed by atoms with Crippen molar-refractivity contribution in [3.8, 4) is 0 Å². The predicted molar refractivity (Wildman–Crippen MR) is 87.4 cm³/mol. The summed E-state index contributed by atoms with van der Waals surface area (Å²) in [6.45, 7) is 2.93. The first-order valence-electron chi connectivity index (χ1n) is 7.08. The number of halogens is 1. The number of anilines is 2. The van der Waals surface area contributed by atoms with Gasteiger partial charge in [-0.2, -0.15) is 0 Å². The molecule has 0 atom stereocenters. The molecule has 2 N–H and O–H groups in total. The second-order valence-corrected chi connectivity index (χ2v) is 5.70. The maximum absolute atomic E-state index is 12.4. The zero-order chi connectivity index (χ0) is 14.8. The van der Waals surface area contributed by atoms with Crippen molar-refractivity contribution in [3.05, 3.63) is 58.1 Å². The van der Waals surface area contributed by atoms with Gasteiger partial charge in [0, 0.05) is 17.8 Å². The standard InChI is InChI=1S/C17H17ClN2O/c1-11-4-2-6-14(18)16(11)20-17(21)13-7-8-15-12(10-13)5-3-9-19-15/h2,4,6-8,10,19H,3,5,9H2,1H3,(H,20,21). The Morgan fingerprint density at radius 2 is 2.14 bits per heavy atom. The zero-order valence-corrected chi connectivity index (χ0v) is 12.6. The second kappa shape index (κ2) is 5.78. The molecule has 3 nitrogen and oxygen atoms in total. The van der Waals surface area contributed by atoms with Gasteiger partial charge < -0.3 is 10.6 Å². The van der Waals surface area contributed by atoms with Gasteiger partial charge in [-0.3, -0.25) is 4.79 Å². The van der Waals surface area contributed by atoms with Crippen LogP contribution in [-0.4, -0.2) is 12.5 Å². The van der Waals surface area contributed by atoms with E-state index in [1.54, 1.807) is 6.07 Å². The fourth-order valence-corrected chi connectivity index (χ4v) is 2.86. The Balaban J connectivity index is 1.86. The summed E-state index contributed by atoms with van der Waals surface area (Å²) in [6, 6.07) is 11.4. The molecule has 0 bridgehead atoms. The topological polar surface area (TPSA) is 41.1 Å². The molecule has 1 aliphatic rings. The first-order valence-corrected chi connectivity index (χ1v) is 7.46. The Hall–Kier alpha value is -2.00. The van der Waals surface area contributed by atoms with E-state index in [1.807, 2.05) is 37.3 Å². The number of amides is 1. The molecule has 0 unspecified atom stereocenters. The molecule has 0 saturated heterocycles. The number of aryl methyl sites for hydroxylation is 2. The molecule has 3 rings (SSSR count). The average Bonchev–Trinajstić information content (AvgIpc) is 2.50. The normalized spacial score (nSPS) is 13.2. The maximum Gasteiger partial charge on any atom is 0.255 e. The molecule has 0 saturated carbocycles. The Kier molecular flexibility index (Phi) is 3.84. The summed E-state index contributed by atoms with van der Waals surface area (Å²) in [5, 5.41) is 6.81. The van der Waals surface area contributed by atoms with Crippen LogP contribution < -0.4 is 10.6 Å². The Bertz CT molecular complexity index is 677. The van der Waals surface area contributed by atoms with E-state index in [4.69, 9.17) is 11.6 Å². The van der Waals surface area contributed by atoms with Crippen molar-refractivity contribution >= 4 is 28.9 Å². The number of carbonyl (C=O) groups is 1. The maximum atomic E-state index is 12.4. The van der Waals surface area contributed by atoms with Crippen LogP contribution in [0.5, 0.6) is 0 Å². The summed E-state index contributed by atoms with van der Waals surface area (Å²) in [4.78, 5) is 12.4. The third-order valence-electron chi connectivity index (χ3n) is 3.77. The highest BCUT2D eigenvalue weighted by Crippen LogP contribution is 2.27. The van der Waals surface area contributed by atoms with E-state index in [-0.39, 0.29) is 5.91 Å². The lowest BCUT2D eigenvalue weighted by atomic mass is 10.0. The molecule has 1 amide bonds. The van der Waals surface area contributed by atoms with Gasteiger partial charge in [-0.15, -0.1) is 0 Å². The molecule has 2 aromatic rings. The third-order valence-corrected chi connectivity index (χ3v) is 4.08. The van der Waals surface area contributed by atoms with Crippen molar-refractivity contribution in [2.24, 2.45) is 0 Å². The van der Waals surface area contributed by atoms with Crippen molar-refractivity contribution in [3.63, 3.8) is 0 Å². The smallest absolute Gasteiger partial charge is 0.255 e. The van der Waals surface area contributed by atoms with Gasteiger partial charge in [0.2, 0.25) is 0 Å². The number of fused-ring (bicyclic) bond motifs is 1. The van der Waals surface area contributed by atoms with Gasteiger partial charge in [0.25, 0.3) is 5.91 Å². The lowest BCUT2D eigenvalue weighted by Gasteiger charge is -2.18. The van der Waals surface area contributed by atoms with Gasteiger partial charge in [-0.25, -0.2) is 0 Å². The lowest BCUT2D eigenvalue weighted by Crippen LogP contribution is -2.16. The van der Waals surface area contributed by atoms with Gasteiger partial charge in [0.15, 0.2) is 0 Å². The van der Waals surface area contributed by atoms with E-state index >= 15 is 0 Å². The molecule has 21 heavy (non-hydrogen) atoms. The summed E-state index contributed by atoms with van der Waals surface area (Å²) >= 11 is 6.15. The number of hydrogen-bond acceptors (Lipinski definition) is 2. The highest BCUT2D eigenvalue weighted by atomic mass is 35.5. The van der Waals surface area contributed by atoms with E-state index in [0.717, 1.165) is 30.6 Å². The molecule has 1 heterocycles. The molecule has 108 valence electrons. The number of benzene rings is 2. The van der Waals surface area contributed by atoms with Crippen LogP contribution in [0.2, 0.25) is 5.02 Å². The average molecular weight is 301 g/mol. The Labute approximate surface area is 129 Å². The molecular formula is C17H17ClN2O. The number of hydrogen-bond donors (Lipinski definition) is 2. The molecule has 0 aromatic heterocycles. The van der Waals surface area contributed by atoms with Crippen LogP contribution in [0.15, 0.2) is 36.4 Å². The first kappa shape index (κ1) is 14.0. The largest absolute Gasteiger partial charge is 0.385 e. The van der Waals surface area contributed by atoms with E-state index in [2.05, 4.69) is 10.6 Å². The fourth-order valence-electron chi connectivity index (χ4n) is 2.59. The van der Waals surface area contributed by atoms with E-state index in [1.165, 1.54) is 5.56 Å². The highest BCUT2D eigenvalue weighted by molar-refractivity contribution is 6.34. The molecule has 0 radical (unpaired) electrons. The molecule has 1 aliphatic heterocycles. The first-order chi connectivity index (χ1) is 10.1. The molecular weight excluding hydrogens is 284 g/mol. The highest BCUT2D eigenvalue weighted by Gasteiger charge is 2.14. The van der Waals surface area contributed by atoms with Crippen LogP contribution >= 0.6 is 11.6 Å². The van der Waals surface area contributed by atoms with Gasteiger partial charge in [0.1, 0.15) is 0 Å². The van der Waals surface area contributed by atoms with Crippen molar-refractivity contribution in [1.82, 2.24) is 0 Å². The second-order valence-electron chi connectivity index (χ2n) is 5.29.